The Labute approximate surface area is 111 Å². The van der Waals surface area contributed by atoms with Gasteiger partial charge in [0.15, 0.2) is 0 Å². The highest BCUT2D eigenvalue weighted by Gasteiger charge is 2.23. The molecule has 0 radical (unpaired) electrons. The standard InChI is InChI=1S/C15H16O4/c1-17-13-3-4-14(18-2)15-11(13)6-9(7-12(15)16)5-10-8-19-10/h3-4,6-7,10,16H,5,8H2,1-2H3. The zero-order valence-electron chi connectivity index (χ0n) is 11.0. The summed E-state index contributed by atoms with van der Waals surface area (Å²) in [6.45, 7) is 0.800. The molecule has 4 nitrogen and oxygen atoms in total. The lowest BCUT2D eigenvalue weighted by Crippen LogP contribution is -1.95. The molecular formula is C15H16O4. The fourth-order valence-corrected chi connectivity index (χ4v) is 2.38. The van der Waals surface area contributed by atoms with Gasteiger partial charge in [0.2, 0.25) is 0 Å². The van der Waals surface area contributed by atoms with Gasteiger partial charge in [-0.15, -0.1) is 0 Å². The van der Waals surface area contributed by atoms with Crippen molar-refractivity contribution in [2.24, 2.45) is 0 Å². The number of hydrogen-bond donors (Lipinski definition) is 1. The van der Waals surface area contributed by atoms with Crippen molar-refractivity contribution >= 4 is 10.8 Å². The number of methoxy groups -OCH3 is 2. The van der Waals surface area contributed by atoms with Crippen molar-refractivity contribution in [3.8, 4) is 17.2 Å². The molecule has 3 rings (SSSR count). The van der Waals surface area contributed by atoms with E-state index in [1.54, 1.807) is 26.4 Å². The lowest BCUT2D eigenvalue weighted by Gasteiger charge is -2.12. The minimum absolute atomic E-state index is 0.212. The van der Waals surface area contributed by atoms with Crippen LogP contribution in [0.5, 0.6) is 17.2 Å². The van der Waals surface area contributed by atoms with Gasteiger partial charge in [0.25, 0.3) is 0 Å². The van der Waals surface area contributed by atoms with Crippen LogP contribution in [0.15, 0.2) is 24.3 Å². The molecule has 0 aromatic heterocycles. The van der Waals surface area contributed by atoms with Crippen LogP contribution >= 0.6 is 0 Å². The molecule has 1 N–H and O–H groups in total. The van der Waals surface area contributed by atoms with Crippen molar-refractivity contribution in [1.29, 1.82) is 0 Å². The summed E-state index contributed by atoms with van der Waals surface area (Å²) >= 11 is 0. The molecule has 0 saturated carbocycles. The molecule has 1 fully saturated rings. The number of rotatable bonds is 4. The Morgan fingerprint density at radius 2 is 1.89 bits per heavy atom. The Morgan fingerprint density at radius 3 is 2.53 bits per heavy atom. The SMILES string of the molecule is COc1ccc(OC)c2c(O)cc(CC3CO3)cc12. The van der Waals surface area contributed by atoms with Crippen molar-refractivity contribution in [1.82, 2.24) is 0 Å². The summed E-state index contributed by atoms with van der Waals surface area (Å²) in [6.07, 6.45) is 1.09. The average Bonchev–Trinajstić information content (AvgIpc) is 3.21. The van der Waals surface area contributed by atoms with Gasteiger partial charge < -0.3 is 19.3 Å². The van der Waals surface area contributed by atoms with Crippen LogP contribution < -0.4 is 9.47 Å². The van der Waals surface area contributed by atoms with Crippen LogP contribution in [0.3, 0.4) is 0 Å². The maximum Gasteiger partial charge on any atom is 0.130 e. The lowest BCUT2D eigenvalue weighted by atomic mass is 10.0. The topological polar surface area (TPSA) is 51.2 Å². The summed E-state index contributed by atoms with van der Waals surface area (Å²) in [5.74, 6) is 1.58. The predicted octanol–water partition coefficient (Wildman–Crippen LogP) is 2.50. The third kappa shape index (κ3) is 2.19. The molecule has 1 saturated heterocycles. The van der Waals surface area contributed by atoms with Gasteiger partial charge in [0, 0.05) is 11.8 Å². The van der Waals surface area contributed by atoms with Crippen LogP contribution in [0, 0.1) is 0 Å². The van der Waals surface area contributed by atoms with E-state index >= 15 is 0 Å². The molecule has 0 aliphatic carbocycles. The number of phenols is 1. The fourth-order valence-electron chi connectivity index (χ4n) is 2.38. The molecule has 1 atom stereocenters. The fraction of sp³-hybridized carbons (Fsp3) is 0.333. The summed E-state index contributed by atoms with van der Waals surface area (Å²) in [7, 11) is 3.21. The Kier molecular flexibility index (Phi) is 2.95. The Morgan fingerprint density at radius 1 is 1.21 bits per heavy atom. The van der Waals surface area contributed by atoms with Crippen LogP contribution in [0.1, 0.15) is 5.56 Å². The number of benzene rings is 2. The Bertz CT molecular complexity index is 617. The third-order valence-electron chi connectivity index (χ3n) is 3.38. The van der Waals surface area contributed by atoms with Crippen LogP contribution in [0.2, 0.25) is 0 Å². The summed E-state index contributed by atoms with van der Waals surface area (Å²) in [4.78, 5) is 0. The van der Waals surface area contributed by atoms with E-state index < -0.39 is 0 Å². The van der Waals surface area contributed by atoms with Gasteiger partial charge in [0.05, 0.1) is 32.3 Å². The van der Waals surface area contributed by atoms with Crippen LogP contribution in [-0.2, 0) is 11.2 Å². The average molecular weight is 260 g/mol. The van der Waals surface area contributed by atoms with E-state index in [0.29, 0.717) is 11.1 Å². The van der Waals surface area contributed by atoms with Gasteiger partial charge in [-0.2, -0.15) is 0 Å². The highest BCUT2D eigenvalue weighted by molar-refractivity contribution is 5.98. The van der Waals surface area contributed by atoms with E-state index in [1.165, 1.54) is 0 Å². The number of ether oxygens (including phenoxy) is 3. The van der Waals surface area contributed by atoms with Crippen molar-refractivity contribution in [2.75, 3.05) is 20.8 Å². The Balaban J connectivity index is 2.19. The second-order valence-corrected chi connectivity index (χ2v) is 4.67. The van der Waals surface area contributed by atoms with Crippen molar-refractivity contribution in [3.63, 3.8) is 0 Å². The molecule has 2 aromatic rings. The summed E-state index contributed by atoms with van der Waals surface area (Å²) in [5, 5.41) is 11.8. The Hall–Kier alpha value is -1.94. The van der Waals surface area contributed by atoms with Crippen molar-refractivity contribution in [3.05, 3.63) is 29.8 Å². The molecule has 19 heavy (non-hydrogen) atoms. The van der Waals surface area contributed by atoms with Crippen LogP contribution in [0.25, 0.3) is 10.8 Å². The number of hydrogen-bond acceptors (Lipinski definition) is 4. The first kappa shape index (κ1) is 12.1. The molecule has 1 unspecified atom stereocenters. The predicted molar refractivity (Wildman–Crippen MR) is 72.2 cm³/mol. The highest BCUT2D eigenvalue weighted by atomic mass is 16.6. The number of phenolic OH excluding ortho intramolecular Hbond substituents is 1. The van der Waals surface area contributed by atoms with Crippen LogP contribution in [0.4, 0.5) is 0 Å². The van der Waals surface area contributed by atoms with Gasteiger partial charge in [-0.05, 0) is 29.8 Å². The minimum Gasteiger partial charge on any atom is -0.507 e. The largest absolute Gasteiger partial charge is 0.507 e. The van der Waals surface area contributed by atoms with E-state index in [-0.39, 0.29) is 11.9 Å². The van der Waals surface area contributed by atoms with Gasteiger partial charge >= 0.3 is 0 Å². The van der Waals surface area contributed by atoms with E-state index in [1.807, 2.05) is 12.1 Å². The molecule has 4 heteroatoms. The van der Waals surface area contributed by atoms with Crippen molar-refractivity contribution in [2.45, 2.75) is 12.5 Å². The highest BCUT2D eigenvalue weighted by Crippen LogP contribution is 2.40. The number of epoxide rings is 1. The molecule has 1 aliphatic heterocycles. The monoisotopic (exact) mass is 260 g/mol. The summed E-state index contributed by atoms with van der Waals surface area (Å²) in [6, 6.07) is 7.44. The second kappa shape index (κ2) is 4.63. The van der Waals surface area contributed by atoms with Gasteiger partial charge in [-0.3, -0.25) is 0 Å². The first-order chi connectivity index (χ1) is 9.22. The normalized spacial score (nSPS) is 17.5. The van der Waals surface area contributed by atoms with Gasteiger partial charge in [0.1, 0.15) is 17.2 Å². The molecule has 100 valence electrons. The molecule has 1 aliphatic rings. The van der Waals surface area contributed by atoms with Crippen LogP contribution in [-0.4, -0.2) is 32.0 Å². The number of fused-ring (bicyclic) bond motifs is 1. The van der Waals surface area contributed by atoms with E-state index in [2.05, 4.69) is 0 Å². The molecule has 0 amide bonds. The van der Waals surface area contributed by atoms with Gasteiger partial charge in [-0.1, -0.05) is 0 Å². The lowest BCUT2D eigenvalue weighted by molar-refractivity contribution is 0.405. The minimum atomic E-state index is 0.212. The zero-order valence-corrected chi connectivity index (χ0v) is 11.0. The number of aromatic hydroxyl groups is 1. The maximum atomic E-state index is 10.2. The third-order valence-corrected chi connectivity index (χ3v) is 3.38. The second-order valence-electron chi connectivity index (χ2n) is 4.67. The molecule has 0 bridgehead atoms. The van der Waals surface area contributed by atoms with E-state index in [0.717, 1.165) is 29.7 Å². The first-order valence-electron chi connectivity index (χ1n) is 6.21. The van der Waals surface area contributed by atoms with Gasteiger partial charge in [-0.25, -0.2) is 0 Å². The molecule has 0 spiro atoms. The smallest absolute Gasteiger partial charge is 0.130 e. The zero-order chi connectivity index (χ0) is 13.4. The maximum absolute atomic E-state index is 10.2. The molecule has 1 heterocycles. The molecular weight excluding hydrogens is 244 g/mol. The van der Waals surface area contributed by atoms with Crippen molar-refractivity contribution < 1.29 is 19.3 Å². The summed E-state index contributed by atoms with van der Waals surface area (Å²) in [5.41, 5.74) is 1.04. The van der Waals surface area contributed by atoms with E-state index in [9.17, 15) is 5.11 Å². The first-order valence-corrected chi connectivity index (χ1v) is 6.21. The van der Waals surface area contributed by atoms with E-state index in [4.69, 9.17) is 14.2 Å². The quantitative estimate of drug-likeness (QED) is 0.858. The molecule has 2 aromatic carbocycles. The summed E-state index contributed by atoms with van der Waals surface area (Å²) < 4.78 is 15.9.